The number of carbonyl (C=O) groups excluding carboxylic acids is 1. The maximum absolute atomic E-state index is 14.4. The molecule has 2 aromatic heterocycles. The van der Waals surface area contributed by atoms with E-state index in [1.165, 1.54) is 6.07 Å². The number of ketones is 1. The lowest BCUT2D eigenvalue weighted by Crippen LogP contribution is -2.43. The first-order valence-corrected chi connectivity index (χ1v) is 10.0. The summed E-state index contributed by atoms with van der Waals surface area (Å²) in [6.45, 7) is 1.45. The van der Waals surface area contributed by atoms with Crippen molar-refractivity contribution in [1.82, 2.24) is 9.97 Å². The lowest BCUT2D eigenvalue weighted by atomic mass is 10.0. The molecule has 3 heterocycles. The third-order valence-corrected chi connectivity index (χ3v) is 5.36. The molecule has 0 unspecified atom stereocenters. The zero-order valence-electron chi connectivity index (χ0n) is 16.7. The zero-order chi connectivity index (χ0) is 22.0. The van der Waals surface area contributed by atoms with Crippen LogP contribution in [0.1, 0.15) is 28.9 Å². The van der Waals surface area contributed by atoms with Crippen molar-refractivity contribution in [1.29, 1.82) is 0 Å². The van der Waals surface area contributed by atoms with Crippen molar-refractivity contribution in [3.63, 3.8) is 0 Å². The molecule has 0 saturated carbocycles. The van der Waals surface area contributed by atoms with Crippen molar-refractivity contribution in [2.75, 3.05) is 18.0 Å². The van der Waals surface area contributed by atoms with E-state index in [4.69, 9.17) is 5.73 Å². The Balaban J connectivity index is 1.65. The van der Waals surface area contributed by atoms with Gasteiger partial charge in [0.2, 0.25) is 0 Å². The number of pyridine rings is 2. The quantitative estimate of drug-likeness (QED) is 0.627. The number of aromatic nitrogens is 2. The van der Waals surface area contributed by atoms with Crippen molar-refractivity contribution >= 4 is 11.5 Å². The van der Waals surface area contributed by atoms with Gasteiger partial charge in [0.25, 0.3) is 0 Å². The van der Waals surface area contributed by atoms with Crippen molar-refractivity contribution in [2.24, 2.45) is 5.73 Å². The number of anilines is 1. The molecule has 0 bridgehead atoms. The highest BCUT2D eigenvalue weighted by atomic mass is 19.1. The van der Waals surface area contributed by atoms with E-state index in [1.807, 2.05) is 0 Å². The first kappa shape index (κ1) is 21.0. The number of nitrogens with two attached hydrogens (primary N) is 1. The highest BCUT2D eigenvalue weighted by Crippen LogP contribution is 2.27. The van der Waals surface area contributed by atoms with Crippen LogP contribution in [0.3, 0.4) is 0 Å². The summed E-state index contributed by atoms with van der Waals surface area (Å²) in [5.41, 5.74) is 6.49. The van der Waals surface area contributed by atoms with Crippen LogP contribution in [0.25, 0.3) is 11.3 Å². The minimum Gasteiger partial charge on any atom is -0.370 e. The molecule has 1 aliphatic heterocycles. The van der Waals surface area contributed by atoms with Gasteiger partial charge in [-0.25, -0.2) is 18.2 Å². The molecule has 1 aliphatic rings. The minimum absolute atomic E-state index is 0.0388. The second-order valence-corrected chi connectivity index (χ2v) is 7.58. The van der Waals surface area contributed by atoms with Crippen LogP contribution in [0.4, 0.5) is 18.9 Å². The second kappa shape index (κ2) is 8.85. The molecule has 0 amide bonds. The summed E-state index contributed by atoms with van der Waals surface area (Å²) in [6.07, 6.45) is 4.91. The molecule has 3 aromatic rings. The Morgan fingerprint density at radius 1 is 1.10 bits per heavy atom. The molecule has 1 aromatic carbocycles. The van der Waals surface area contributed by atoms with E-state index >= 15 is 0 Å². The van der Waals surface area contributed by atoms with Gasteiger partial charge in [-0.2, -0.15) is 0 Å². The summed E-state index contributed by atoms with van der Waals surface area (Å²) in [5.74, 6) is -3.13. The Kier molecular flexibility index (Phi) is 5.99. The average Bonchev–Trinajstić information content (AvgIpc) is 2.75. The van der Waals surface area contributed by atoms with Crippen LogP contribution in [-0.2, 0) is 6.42 Å². The Hall–Kier alpha value is -3.26. The first-order chi connectivity index (χ1) is 14.9. The molecule has 1 atom stereocenters. The molecule has 1 saturated heterocycles. The van der Waals surface area contributed by atoms with Gasteiger partial charge in [0.05, 0.1) is 11.3 Å². The fraction of sp³-hybridized carbons (Fsp3) is 0.261. The van der Waals surface area contributed by atoms with E-state index in [2.05, 4.69) is 14.9 Å². The van der Waals surface area contributed by atoms with Gasteiger partial charge in [0, 0.05) is 49.2 Å². The molecule has 4 rings (SSSR count). The summed E-state index contributed by atoms with van der Waals surface area (Å²) in [6, 6.07) is 7.37. The number of nitrogens with zero attached hydrogens (tertiary/aromatic N) is 3. The number of benzene rings is 1. The number of hydrogen-bond acceptors (Lipinski definition) is 5. The topological polar surface area (TPSA) is 72.1 Å². The van der Waals surface area contributed by atoms with Gasteiger partial charge in [0.15, 0.2) is 11.6 Å². The van der Waals surface area contributed by atoms with Crippen LogP contribution < -0.4 is 10.6 Å². The third kappa shape index (κ3) is 4.44. The van der Waals surface area contributed by atoms with Gasteiger partial charge in [-0.15, -0.1) is 0 Å². The standard InChI is InChI=1S/C23H21F3N4O/c24-16-4-1-5-17(25)22(16)19-7-6-18(26)23(29-19)21(31)11-14-12-28-9-8-20(14)30-10-2-3-15(27)13-30/h1,4-9,12,15H,2-3,10-11,13,27H2/t15-/m0/s1. The number of halogens is 3. The van der Waals surface area contributed by atoms with Gasteiger partial charge in [-0.1, -0.05) is 6.07 Å². The zero-order valence-corrected chi connectivity index (χ0v) is 16.7. The summed E-state index contributed by atoms with van der Waals surface area (Å²) >= 11 is 0. The first-order valence-electron chi connectivity index (χ1n) is 10.0. The van der Waals surface area contributed by atoms with Crippen LogP contribution in [0.2, 0.25) is 0 Å². The number of Topliss-reactive ketones (excluding diaryl/α,β-unsaturated/α-hetero) is 1. The van der Waals surface area contributed by atoms with Crippen LogP contribution in [0.15, 0.2) is 48.8 Å². The SMILES string of the molecule is N[C@H]1CCCN(c2ccncc2CC(=O)c2nc(-c3c(F)cccc3F)ccc2F)C1. The van der Waals surface area contributed by atoms with Gasteiger partial charge in [-0.3, -0.25) is 9.78 Å². The predicted molar refractivity (Wildman–Crippen MR) is 111 cm³/mol. The minimum atomic E-state index is -0.851. The van der Waals surface area contributed by atoms with Crippen LogP contribution in [0.5, 0.6) is 0 Å². The van der Waals surface area contributed by atoms with Crippen LogP contribution in [-0.4, -0.2) is 34.9 Å². The molecular formula is C23H21F3N4O. The lowest BCUT2D eigenvalue weighted by Gasteiger charge is -2.33. The van der Waals surface area contributed by atoms with E-state index in [-0.39, 0.29) is 18.2 Å². The van der Waals surface area contributed by atoms with E-state index in [9.17, 15) is 18.0 Å². The molecule has 0 radical (unpaired) electrons. The smallest absolute Gasteiger partial charge is 0.188 e. The monoisotopic (exact) mass is 426 g/mol. The summed E-state index contributed by atoms with van der Waals surface area (Å²) in [7, 11) is 0. The molecule has 160 valence electrons. The van der Waals surface area contributed by atoms with E-state index in [0.717, 1.165) is 49.3 Å². The summed E-state index contributed by atoms with van der Waals surface area (Å²) < 4.78 is 42.7. The lowest BCUT2D eigenvalue weighted by molar-refractivity contribution is 0.0984. The van der Waals surface area contributed by atoms with E-state index < -0.39 is 34.5 Å². The van der Waals surface area contributed by atoms with Crippen molar-refractivity contribution in [3.8, 4) is 11.3 Å². The molecule has 1 fully saturated rings. The molecule has 0 spiro atoms. The summed E-state index contributed by atoms with van der Waals surface area (Å²) in [5, 5.41) is 0. The fourth-order valence-corrected chi connectivity index (χ4v) is 3.87. The van der Waals surface area contributed by atoms with Gasteiger partial charge < -0.3 is 10.6 Å². The van der Waals surface area contributed by atoms with Crippen LogP contribution in [0, 0.1) is 17.5 Å². The number of carbonyl (C=O) groups is 1. The average molecular weight is 426 g/mol. The molecular weight excluding hydrogens is 405 g/mol. The Labute approximate surface area is 177 Å². The van der Waals surface area contributed by atoms with Crippen molar-refractivity contribution in [3.05, 3.63) is 77.5 Å². The van der Waals surface area contributed by atoms with Gasteiger partial charge >= 0.3 is 0 Å². The number of rotatable bonds is 5. The second-order valence-electron chi connectivity index (χ2n) is 7.58. The van der Waals surface area contributed by atoms with Gasteiger partial charge in [0.1, 0.15) is 17.3 Å². The van der Waals surface area contributed by atoms with Gasteiger partial charge in [-0.05, 0) is 43.2 Å². The molecule has 0 aliphatic carbocycles. The largest absolute Gasteiger partial charge is 0.370 e. The number of hydrogen-bond donors (Lipinski definition) is 1. The Bertz CT molecular complexity index is 1100. The highest BCUT2D eigenvalue weighted by Gasteiger charge is 2.23. The molecule has 8 heteroatoms. The van der Waals surface area contributed by atoms with E-state index in [1.54, 1.807) is 18.5 Å². The van der Waals surface area contributed by atoms with Crippen molar-refractivity contribution in [2.45, 2.75) is 25.3 Å². The number of piperidine rings is 1. The van der Waals surface area contributed by atoms with Crippen molar-refractivity contribution < 1.29 is 18.0 Å². The molecule has 5 nitrogen and oxygen atoms in total. The maximum Gasteiger partial charge on any atom is 0.188 e. The fourth-order valence-electron chi connectivity index (χ4n) is 3.87. The highest BCUT2D eigenvalue weighted by molar-refractivity contribution is 5.97. The predicted octanol–water partition coefficient (Wildman–Crippen LogP) is 3.91. The Morgan fingerprint density at radius 2 is 1.87 bits per heavy atom. The Morgan fingerprint density at radius 3 is 2.61 bits per heavy atom. The summed E-state index contributed by atoms with van der Waals surface area (Å²) in [4.78, 5) is 23.1. The normalized spacial score (nSPS) is 16.4. The third-order valence-electron chi connectivity index (χ3n) is 5.36. The maximum atomic E-state index is 14.4. The van der Waals surface area contributed by atoms with E-state index in [0.29, 0.717) is 12.1 Å². The molecule has 2 N–H and O–H groups in total. The van der Waals surface area contributed by atoms with Crippen LogP contribution >= 0.6 is 0 Å². The molecule has 31 heavy (non-hydrogen) atoms.